The Hall–Kier alpha value is -0.705. The van der Waals surface area contributed by atoms with Crippen molar-refractivity contribution in [1.29, 1.82) is 0 Å². The minimum atomic E-state index is -4.80. The molecule has 1 aromatic carbocycles. The van der Waals surface area contributed by atoms with Crippen molar-refractivity contribution in [3.05, 3.63) is 23.8 Å². The first-order valence-electron chi connectivity index (χ1n) is 3.98. The molecule has 9 heteroatoms. The van der Waals surface area contributed by atoms with Crippen molar-refractivity contribution in [1.82, 2.24) is 0 Å². The Kier molecular flexibility index (Phi) is 4.24. The molecule has 16 heavy (non-hydrogen) atoms. The second kappa shape index (κ2) is 5.08. The summed E-state index contributed by atoms with van der Waals surface area (Å²) in [4.78, 5) is 10.8. The standard InChI is InChI=1S/C7H5O6S.Hg.H2O/c8-7(9)5-3-1-2-4-6(5)13-14(10,11)12;;/h1-3H,(H,8,9)(H,10,11,12);;1H2/q;+1;/p-1. The van der Waals surface area contributed by atoms with Gasteiger partial charge >= 0.3 is 104 Å². The fourth-order valence-corrected chi connectivity index (χ4v) is 4.41. The first-order valence-corrected chi connectivity index (χ1v) is 10.6. The molecule has 7 nitrogen and oxygen atoms in total. The SMILES string of the molecule is O=C(O)c1ccc[c]([Hg][OH])c1OS(=O)(=O)O. The summed E-state index contributed by atoms with van der Waals surface area (Å²) in [7, 11) is -4.80. The van der Waals surface area contributed by atoms with Gasteiger partial charge in [-0.3, -0.25) is 0 Å². The summed E-state index contributed by atoms with van der Waals surface area (Å²) in [5, 5.41) is 8.77. The third-order valence-electron chi connectivity index (χ3n) is 1.69. The molecule has 0 heterocycles. The Labute approximate surface area is 104 Å². The van der Waals surface area contributed by atoms with E-state index in [2.05, 4.69) is 4.18 Å². The number of hydrogen-bond acceptors (Lipinski definition) is 5. The number of rotatable bonds is 4. The van der Waals surface area contributed by atoms with Crippen molar-refractivity contribution in [3.8, 4) is 5.75 Å². The van der Waals surface area contributed by atoms with Gasteiger partial charge in [0.1, 0.15) is 0 Å². The molecule has 1 aromatic rings. The second-order valence-corrected chi connectivity index (χ2v) is 7.98. The quantitative estimate of drug-likeness (QED) is 0.418. The molecule has 0 amide bonds. The molecule has 0 aromatic heterocycles. The molecular weight excluding hydrogens is 429 g/mol. The molecule has 0 unspecified atom stereocenters. The van der Waals surface area contributed by atoms with Gasteiger partial charge in [-0.25, -0.2) is 0 Å². The van der Waals surface area contributed by atoms with E-state index in [1.807, 2.05) is 0 Å². The van der Waals surface area contributed by atoms with Crippen LogP contribution in [0.25, 0.3) is 0 Å². The van der Waals surface area contributed by atoms with E-state index in [1.165, 1.54) is 12.1 Å². The number of hydrogen-bond donors (Lipinski definition) is 3. The number of aromatic carboxylic acids is 1. The van der Waals surface area contributed by atoms with Crippen molar-refractivity contribution in [3.63, 3.8) is 0 Å². The number of benzene rings is 1. The van der Waals surface area contributed by atoms with Crippen LogP contribution in [-0.4, -0.2) is 27.1 Å². The predicted octanol–water partition coefficient (Wildman–Crippen LogP) is -0.819. The van der Waals surface area contributed by atoms with Crippen LogP contribution in [0.1, 0.15) is 10.4 Å². The number of carboxylic acid groups (broad SMARTS) is 1. The van der Waals surface area contributed by atoms with Gasteiger partial charge in [0.05, 0.1) is 0 Å². The first kappa shape index (κ1) is 13.4. The maximum absolute atomic E-state index is 10.8. The van der Waals surface area contributed by atoms with Gasteiger partial charge in [0.15, 0.2) is 0 Å². The Morgan fingerprint density at radius 1 is 1.38 bits per heavy atom. The van der Waals surface area contributed by atoms with E-state index >= 15 is 0 Å². The molecule has 0 fully saturated rings. The molecular formula is C7H6HgO7S. The van der Waals surface area contributed by atoms with E-state index in [1.54, 1.807) is 0 Å². The fourth-order valence-electron chi connectivity index (χ4n) is 1.08. The number of para-hydroxylation sites is 1. The molecule has 84 valence electrons. The first-order chi connectivity index (χ1) is 7.35. The Morgan fingerprint density at radius 3 is 2.44 bits per heavy atom. The molecule has 0 bridgehead atoms. The van der Waals surface area contributed by atoms with E-state index < -0.39 is 52.7 Å². The van der Waals surface area contributed by atoms with Crippen molar-refractivity contribution in [2.75, 3.05) is 0 Å². The minimum absolute atomic E-state index is 0.164. The van der Waals surface area contributed by atoms with Crippen LogP contribution in [0.2, 0.25) is 0 Å². The molecule has 0 aliphatic heterocycles. The average Bonchev–Trinajstić information content (AvgIpc) is 2.15. The number of carboxylic acids is 1. The Balaban J connectivity index is 3.36. The van der Waals surface area contributed by atoms with E-state index in [-0.39, 0.29) is 3.07 Å². The summed E-state index contributed by atoms with van der Waals surface area (Å²) in [6.45, 7) is 0. The molecule has 0 atom stereocenters. The van der Waals surface area contributed by atoms with Gasteiger partial charge in [-0.1, -0.05) is 0 Å². The van der Waals surface area contributed by atoms with Crippen LogP contribution in [0.5, 0.6) is 5.75 Å². The van der Waals surface area contributed by atoms with Gasteiger partial charge in [-0.15, -0.1) is 0 Å². The van der Waals surface area contributed by atoms with Crippen molar-refractivity contribution in [2.45, 2.75) is 0 Å². The molecule has 1 rings (SSSR count). The summed E-state index contributed by atoms with van der Waals surface area (Å²) in [5.74, 6) is -1.90. The predicted molar refractivity (Wildman–Crippen MR) is 47.4 cm³/mol. The van der Waals surface area contributed by atoms with Gasteiger partial charge in [0, 0.05) is 0 Å². The summed E-state index contributed by atoms with van der Waals surface area (Å²) in [5.41, 5.74) is -0.413. The molecule has 0 saturated carbocycles. The van der Waals surface area contributed by atoms with Crippen LogP contribution in [0.15, 0.2) is 18.2 Å². The van der Waals surface area contributed by atoms with Gasteiger partial charge in [-0.2, -0.15) is 0 Å². The van der Waals surface area contributed by atoms with E-state index in [0.29, 0.717) is 0 Å². The van der Waals surface area contributed by atoms with Gasteiger partial charge < -0.3 is 0 Å². The van der Waals surface area contributed by atoms with E-state index in [9.17, 15) is 13.2 Å². The maximum atomic E-state index is 10.8. The third kappa shape index (κ3) is 3.40. The summed E-state index contributed by atoms with van der Waals surface area (Å²) >= 11 is -2.55. The van der Waals surface area contributed by atoms with Crippen LogP contribution in [-0.2, 0) is 35.4 Å². The molecule has 0 spiro atoms. The van der Waals surface area contributed by atoms with Crippen molar-refractivity contribution < 1.29 is 55.1 Å². The summed E-state index contributed by atoms with van der Waals surface area (Å²) in [6.07, 6.45) is 0. The van der Waals surface area contributed by atoms with Gasteiger partial charge in [-0.05, 0) is 0 Å². The summed E-state index contributed by atoms with van der Waals surface area (Å²) < 4.78 is 43.0. The molecule has 0 aliphatic rings. The second-order valence-electron chi connectivity index (χ2n) is 2.77. The summed E-state index contributed by atoms with van der Waals surface area (Å²) in [6, 6.07) is 3.86. The number of carbonyl (C=O) groups is 1. The zero-order valence-corrected chi connectivity index (χ0v) is 14.1. The normalized spacial score (nSPS) is 10.6. The zero-order chi connectivity index (χ0) is 12.3. The molecule has 0 aliphatic carbocycles. The average molecular weight is 435 g/mol. The Morgan fingerprint density at radius 2 is 2.00 bits per heavy atom. The van der Waals surface area contributed by atoms with Gasteiger partial charge in [0.2, 0.25) is 0 Å². The van der Waals surface area contributed by atoms with Crippen LogP contribution < -0.4 is 7.26 Å². The van der Waals surface area contributed by atoms with Gasteiger partial charge in [0.25, 0.3) is 0 Å². The monoisotopic (exact) mass is 436 g/mol. The van der Waals surface area contributed by atoms with Crippen molar-refractivity contribution in [2.24, 2.45) is 0 Å². The fraction of sp³-hybridized carbons (Fsp3) is 0. The van der Waals surface area contributed by atoms with Crippen molar-refractivity contribution >= 4 is 19.4 Å². The van der Waals surface area contributed by atoms with E-state index in [4.69, 9.17) is 12.7 Å². The molecule has 0 radical (unpaired) electrons. The van der Waals surface area contributed by atoms with Crippen LogP contribution in [0.3, 0.4) is 0 Å². The van der Waals surface area contributed by atoms with E-state index in [0.717, 1.165) is 6.07 Å². The van der Waals surface area contributed by atoms with Crippen LogP contribution >= 0.6 is 0 Å². The van der Waals surface area contributed by atoms with Crippen LogP contribution in [0.4, 0.5) is 0 Å². The zero-order valence-electron chi connectivity index (χ0n) is 7.82. The molecule has 0 saturated heterocycles. The third-order valence-corrected chi connectivity index (χ3v) is 5.55. The molecule has 3 N–H and O–H groups in total. The topological polar surface area (TPSA) is 121 Å². The Bertz CT molecular complexity index is 509. The van der Waals surface area contributed by atoms with Crippen LogP contribution in [0, 0.1) is 0 Å².